The van der Waals surface area contributed by atoms with Crippen LogP contribution in [0.2, 0.25) is 0 Å². The fraction of sp³-hybridized carbons (Fsp3) is 0.300. The van der Waals surface area contributed by atoms with Crippen LogP contribution >= 0.6 is 0 Å². The molecule has 0 atom stereocenters. The highest BCUT2D eigenvalue weighted by Gasteiger charge is 2.18. The van der Waals surface area contributed by atoms with Crippen molar-refractivity contribution in [1.29, 1.82) is 0 Å². The number of nitrogens with one attached hydrogen (secondary N) is 2. The Morgan fingerprint density at radius 3 is 3.00 bits per heavy atom. The Morgan fingerprint density at radius 2 is 2.27 bits per heavy atom. The maximum absolute atomic E-state index is 10.9. The molecule has 0 aliphatic carbocycles. The summed E-state index contributed by atoms with van der Waals surface area (Å²) in [6, 6.07) is 5.31. The zero-order valence-electron chi connectivity index (χ0n) is 7.95. The summed E-state index contributed by atoms with van der Waals surface area (Å²) >= 11 is 0. The molecule has 2 aromatic rings. The van der Waals surface area contributed by atoms with E-state index in [-0.39, 0.29) is 6.10 Å². The standard InChI is InChI=1S/C10H10N2O3/c13-10-12-8-3-6(1-2-9(8)15-10)14-7-4-11-5-7/h1-3,7,11H,4-5H2,(H,12,13). The topological polar surface area (TPSA) is 67.3 Å². The Kier molecular flexibility index (Phi) is 1.78. The van der Waals surface area contributed by atoms with Crippen LogP contribution in [-0.2, 0) is 0 Å². The van der Waals surface area contributed by atoms with Gasteiger partial charge in [0.1, 0.15) is 11.9 Å². The van der Waals surface area contributed by atoms with Crippen LogP contribution < -0.4 is 15.8 Å². The van der Waals surface area contributed by atoms with Crippen LogP contribution in [0.5, 0.6) is 5.75 Å². The molecule has 15 heavy (non-hydrogen) atoms. The third-order valence-corrected chi connectivity index (χ3v) is 2.44. The smallest absolute Gasteiger partial charge is 0.417 e. The Bertz CT molecular complexity index is 539. The third-order valence-electron chi connectivity index (χ3n) is 2.44. The summed E-state index contributed by atoms with van der Waals surface area (Å²) in [5, 5.41) is 3.12. The summed E-state index contributed by atoms with van der Waals surface area (Å²) in [4.78, 5) is 13.5. The molecule has 1 saturated heterocycles. The Hall–Kier alpha value is -1.75. The lowest BCUT2D eigenvalue weighted by Crippen LogP contribution is -2.50. The van der Waals surface area contributed by atoms with Gasteiger partial charge in [-0.3, -0.25) is 4.98 Å². The maximum Gasteiger partial charge on any atom is 0.417 e. The van der Waals surface area contributed by atoms with Gasteiger partial charge in [-0.2, -0.15) is 0 Å². The highest BCUT2D eigenvalue weighted by molar-refractivity contribution is 5.73. The molecule has 0 radical (unpaired) electrons. The van der Waals surface area contributed by atoms with Crippen molar-refractivity contribution in [1.82, 2.24) is 10.3 Å². The van der Waals surface area contributed by atoms with Gasteiger partial charge in [-0.15, -0.1) is 0 Å². The summed E-state index contributed by atoms with van der Waals surface area (Å²) in [5.74, 6) is 0.318. The normalized spacial score (nSPS) is 16.5. The second-order valence-corrected chi connectivity index (χ2v) is 3.57. The molecule has 78 valence electrons. The van der Waals surface area contributed by atoms with E-state index >= 15 is 0 Å². The molecule has 0 bridgehead atoms. The highest BCUT2D eigenvalue weighted by atomic mass is 16.5. The summed E-state index contributed by atoms with van der Waals surface area (Å²) in [5.41, 5.74) is 1.23. The SMILES string of the molecule is O=c1[nH]c2cc(OC3CNC3)ccc2o1. The van der Waals surface area contributed by atoms with Crippen molar-refractivity contribution < 1.29 is 9.15 Å². The van der Waals surface area contributed by atoms with E-state index in [2.05, 4.69) is 10.3 Å². The van der Waals surface area contributed by atoms with Crippen LogP contribution in [0.4, 0.5) is 0 Å². The van der Waals surface area contributed by atoms with Crippen molar-refractivity contribution in [2.75, 3.05) is 13.1 Å². The van der Waals surface area contributed by atoms with Crippen molar-refractivity contribution in [3.05, 3.63) is 28.7 Å². The van der Waals surface area contributed by atoms with Crippen LogP contribution in [0.15, 0.2) is 27.4 Å². The van der Waals surface area contributed by atoms with Crippen molar-refractivity contribution >= 4 is 11.1 Å². The predicted molar refractivity (Wildman–Crippen MR) is 54.1 cm³/mol. The van der Waals surface area contributed by atoms with Gasteiger partial charge in [-0.05, 0) is 12.1 Å². The van der Waals surface area contributed by atoms with E-state index in [1.165, 1.54) is 0 Å². The molecule has 0 saturated carbocycles. The molecular weight excluding hydrogens is 196 g/mol. The van der Waals surface area contributed by atoms with E-state index in [1.807, 2.05) is 0 Å². The zero-order valence-corrected chi connectivity index (χ0v) is 7.95. The van der Waals surface area contributed by atoms with Crippen molar-refractivity contribution in [2.45, 2.75) is 6.10 Å². The number of aromatic nitrogens is 1. The van der Waals surface area contributed by atoms with E-state index in [9.17, 15) is 4.79 Å². The Balaban J connectivity index is 1.94. The minimum Gasteiger partial charge on any atom is -0.488 e. The monoisotopic (exact) mass is 206 g/mol. The molecule has 0 unspecified atom stereocenters. The number of ether oxygens (including phenoxy) is 1. The average molecular weight is 206 g/mol. The first kappa shape index (κ1) is 8.55. The predicted octanol–water partition coefficient (Wildman–Crippen LogP) is 0.472. The quantitative estimate of drug-likeness (QED) is 0.749. The molecule has 2 heterocycles. The summed E-state index contributed by atoms with van der Waals surface area (Å²) < 4.78 is 10.5. The fourth-order valence-electron chi connectivity index (χ4n) is 1.54. The molecule has 1 fully saturated rings. The lowest BCUT2D eigenvalue weighted by Gasteiger charge is -2.27. The zero-order chi connectivity index (χ0) is 10.3. The van der Waals surface area contributed by atoms with Gasteiger partial charge >= 0.3 is 5.76 Å². The molecule has 3 rings (SSSR count). The fourth-order valence-corrected chi connectivity index (χ4v) is 1.54. The molecule has 1 aliphatic rings. The van der Waals surface area contributed by atoms with E-state index in [4.69, 9.17) is 9.15 Å². The first-order valence-corrected chi connectivity index (χ1v) is 4.81. The number of oxazole rings is 1. The Labute approximate surface area is 85.0 Å². The average Bonchev–Trinajstić information content (AvgIpc) is 2.50. The van der Waals surface area contributed by atoms with Gasteiger partial charge in [-0.25, -0.2) is 4.79 Å². The first-order valence-electron chi connectivity index (χ1n) is 4.81. The van der Waals surface area contributed by atoms with Crippen LogP contribution in [0.3, 0.4) is 0 Å². The van der Waals surface area contributed by atoms with E-state index in [0.29, 0.717) is 11.1 Å². The molecule has 2 N–H and O–H groups in total. The third kappa shape index (κ3) is 1.50. The van der Waals surface area contributed by atoms with Crippen molar-refractivity contribution in [3.63, 3.8) is 0 Å². The molecule has 0 spiro atoms. The molecule has 1 aromatic carbocycles. The van der Waals surface area contributed by atoms with Gasteiger partial charge in [0.25, 0.3) is 0 Å². The van der Waals surface area contributed by atoms with Gasteiger partial charge in [0.05, 0.1) is 5.52 Å². The van der Waals surface area contributed by atoms with Gasteiger partial charge < -0.3 is 14.5 Å². The van der Waals surface area contributed by atoms with Gasteiger partial charge in [0.15, 0.2) is 5.58 Å². The van der Waals surface area contributed by atoms with Crippen molar-refractivity contribution in [3.8, 4) is 5.75 Å². The molecule has 1 aromatic heterocycles. The number of aromatic amines is 1. The number of fused-ring (bicyclic) bond motifs is 1. The van der Waals surface area contributed by atoms with Crippen LogP contribution in [0.1, 0.15) is 0 Å². The number of rotatable bonds is 2. The number of hydrogen-bond acceptors (Lipinski definition) is 4. The second-order valence-electron chi connectivity index (χ2n) is 3.57. The minimum absolute atomic E-state index is 0.237. The summed E-state index contributed by atoms with van der Waals surface area (Å²) in [6.07, 6.45) is 0.237. The molecule has 1 aliphatic heterocycles. The van der Waals surface area contributed by atoms with Crippen LogP contribution in [0, 0.1) is 0 Å². The number of benzene rings is 1. The van der Waals surface area contributed by atoms with E-state index in [0.717, 1.165) is 18.8 Å². The van der Waals surface area contributed by atoms with Crippen molar-refractivity contribution in [2.24, 2.45) is 0 Å². The van der Waals surface area contributed by atoms with E-state index < -0.39 is 5.76 Å². The van der Waals surface area contributed by atoms with Gasteiger partial charge in [0, 0.05) is 19.2 Å². The lowest BCUT2D eigenvalue weighted by atomic mass is 10.2. The maximum atomic E-state index is 10.9. The largest absolute Gasteiger partial charge is 0.488 e. The molecule has 0 amide bonds. The Morgan fingerprint density at radius 1 is 1.40 bits per heavy atom. The molecule has 5 heteroatoms. The van der Waals surface area contributed by atoms with Gasteiger partial charge in [0.2, 0.25) is 0 Å². The lowest BCUT2D eigenvalue weighted by molar-refractivity contribution is 0.142. The molecule has 5 nitrogen and oxygen atoms in total. The number of hydrogen-bond donors (Lipinski definition) is 2. The second kappa shape index (κ2) is 3.13. The minimum atomic E-state index is -0.438. The van der Waals surface area contributed by atoms with Gasteiger partial charge in [-0.1, -0.05) is 0 Å². The first-order chi connectivity index (χ1) is 7.31. The van der Waals surface area contributed by atoms with Crippen LogP contribution in [-0.4, -0.2) is 24.2 Å². The highest BCUT2D eigenvalue weighted by Crippen LogP contribution is 2.19. The summed E-state index contributed by atoms with van der Waals surface area (Å²) in [7, 11) is 0. The molecular formula is C10H10N2O3. The summed E-state index contributed by atoms with van der Waals surface area (Å²) in [6.45, 7) is 1.75. The van der Waals surface area contributed by atoms with Crippen LogP contribution in [0.25, 0.3) is 11.1 Å². The van der Waals surface area contributed by atoms with E-state index in [1.54, 1.807) is 18.2 Å². The number of H-pyrrole nitrogens is 1.